The molecule has 1 saturated heterocycles. The van der Waals surface area contributed by atoms with Gasteiger partial charge in [-0.25, -0.2) is 0 Å². The van der Waals surface area contributed by atoms with Gasteiger partial charge < -0.3 is 9.47 Å². The lowest BCUT2D eigenvalue weighted by Gasteiger charge is -2.26. The summed E-state index contributed by atoms with van der Waals surface area (Å²) in [5.74, 6) is 0.248. The highest BCUT2D eigenvalue weighted by atomic mass is 16.6. The number of esters is 1. The zero-order valence-corrected chi connectivity index (χ0v) is 13.9. The van der Waals surface area contributed by atoms with Gasteiger partial charge in [-0.15, -0.1) is 0 Å². The normalized spacial score (nSPS) is 27.6. The van der Waals surface area contributed by atoms with Crippen molar-refractivity contribution in [1.82, 2.24) is 0 Å². The van der Waals surface area contributed by atoms with Crippen LogP contribution in [0.2, 0.25) is 0 Å². The first-order chi connectivity index (χ1) is 12.2. The van der Waals surface area contributed by atoms with Gasteiger partial charge in [0.25, 0.3) is 0 Å². The van der Waals surface area contributed by atoms with E-state index >= 15 is 0 Å². The van der Waals surface area contributed by atoms with Crippen LogP contribution in [0.1, 0.15) is 30.3 Å². The molecular formula is C22H18O3. The molecule has 1 fully saturated rings. The Bertz CT molecular complexity index is 978. The third kappa shape index (κ3) is 2.19. The number of carbonyl (C=O) groups is 1. The maximum atomic E-state index is 12.5. The number of benzene rings is 3. The van der Waals surface area contributed by atoms with Crippen molar-refractivity contribution < 1.29 is 14.3 Å². The molecule has 4 atom stereocenters. The summed E-state index contributed by atoms with van der Waals surface area (Å²) in [6.45, 7) is 2.08. The van der Waals surface area contributed by atoms with Crippen LogP contribution < -0.4 is 4.74 Å². The van der Waals surface area contributed by atoms with Gasteiger partial charge in [0.15, 0.2) is 0 Å². The number of ether oxygens (including phenoxy) is 2. The first kappa shape index (κ1) is 14.7. The average Bonchev–Trinajstić information content (AvgIpc) is 3.00. The SMILES string of the molecule is C[C@H]1[C@@H]2C(=O)Oc3ccccc3[C@@H]2O[C@@H]1c1ccc2ccccc2c1. The van der Waals surface area contributed by atoms with Crippen LogP contribution in [0.5, 0.6) is 5.75 Å². The van der Waals surface area contributed by atoms with Crippen molar-refractivity contribution in [3.8, 4) is 5.75 Å². The number of para-hydroxylation sites is 1. The van der Waals surface area contributed by atoms with Crippen molar-refractivity contribution in [1.29, 1.82) is 0 Å². The Morgan fingerprint density at radius 3 is 2.48 bits per heavy atom. The molecule has 0 amide bonds. The molecule has 2 heterocycles. The lowest BCUT2D eigenvalue weighted by molar-refractivity contribution is -0.144. The molecule has 0 bridgehead atoms. The average molecular weight is 330 g/mol. The van der Waals surface area contributed by atoms with E-state index in [-0.39, 0.29) is 30.0 Å². The molecule has 0 spiro atoms. The fourth-order valence-electron chi connectivity index (χ4n) is 4.19. The minimum absolute atomic E-state index is 0.0621. The second kappa shape index (κ2) is 5.43. The topological polar surface area (TPSA) is 35.5 Å². The highest BCUT2D eigenvalue weighted by Crippen LogP contribution is 2.53. The summed E-state index contributed by atoms with van der Waals surface area (Å²) in [6, 6.07) is 22.4. The molecule has 3 heteroatoms. The van der Waals surface area contributed by atoms with Gasteiger partial charge in [0.2, 0.25) is 0 Å². The fraction of sp³-hybridized carbons (Fsp3) is 0.227. The Kier molecular flexibility index (Phi) is 3.19. The van der Waals surface area contributed by atoms with Crippen LogP contribution in [0, 0.1) is 11.8 Å². The van der Waals surface area contributed by atoms with Crippen LogP contribution in [0.25, 0.3) is 10.8 Å². The van der Waals surface area contributed by atoms with Crippen molar-refractivity contribution in [3.63, 3.8) is 0 Å². The van der Waals surface area contributed by atoms with E-state index in [1.807, 2.05) is 36.4 Å². The highest BCUT2D eigenvalue weighted by molar-refractivity contribution is 5.83. The van der Waals surface area contributed by atoms with Gasteiger partial charge in [0.05, 0.1) is 12.0 Å². The molecule has 3 nitrogen and oxygen atoms in total. The summed E-state index contributed by atoms with van der Waals surface area (Å²) in [4.78, 5) is 12.5. The van der Waals surface area contributed by atoms with Gasteiger partial charge >= 0.3 is 5.97 Å². The minimum atomic E-state index is -0.258. The predicted molar refractivity (Wildman–Crippen MR) is 95.2 cm³/mol. The first-order valence-electron chi connectivity index (χ1n) is 8.67. The second-order valence-corrected chi connectivity index (χ2v) is 6.93. The second-order valence-electron chi connectivity index (χ2n) is 6.93. The summed E-state index contributed by atoms with van der Waals surface area (Å²) >= 11 is 0. The zero-order chi connectivity index (χ0) is 17.0. The van der Waals surface area contributed by atoms with Crippen LogP contribution in [-0.2, 0) is 9.53 Å². The number of rotatable bonds is 1. The van der Waals surface area contributed by atoms with Crippen LogP contribution in [0.4, 0.5) is 0 Å². The maximum absolute atomic E-state index is 12.5. The van der Waals surface area contributed by atoms with E-state index in [9.17, 15) is 4.79 Å². The predicted octanol–water partition coefficient (Wildman–Crippen LogP) is 4.82. The van der Waals surface area contributed by atoms with E-state index in [4.69, 9.17) is 9.47 Å². The van der Waals surface area contributed by atoms with E-state index < -0.39 is 0 Å². The van der Waals surface area contributed by atoms with Gasteiger partial charge in [-0.3, -0.25) is 4.79 Å². The molecule has 25 heavy (non-hydrogen) atoms. The van der Waals surface area contributed by atoms with E-state index in [0.717, 1.165) is 11.1 Å². The highest BCUT2D eigenvalue weighted by Gasteiger charge is 2.51. The Labute approximate surface area is 146 Å². The summed E-state index contributed by atoms with van der Waals surface area (Å²) in [5.41, 5.74) is 2.09. The molecule has 5 rings (SSSR count). The van der Waals surface area contributed by atoms with Gasteiger partial charge in [0.1, 0.15) is 11.9 Å². The molecule has 2 aliphatic heterocycles. The van der Waals surface area contributed by atoms with Crippen molar-refractivity contribution >= 4 is 16.7 Å². The summed E-state index contributed by atoms with van der Waals surface area (Å²) in [6.07, 6.45) is -0.345. The standard InChI is InChI=1S/C22H18O3/c1-13-19-21(17-8-4-5-9-18(17)24-22(19)23)25-20(13)16-11-10-14-6-2-3-7-15(14)12-16/h2-13,19-21H,1H3/t13-,19-,20-,21-/m0/s1. The molecule has 3 aromatic rings. The van der Waals surface area contributed by atoms with E-state index in [2.05, 4.69) is 37.3 Å². The van der Waals surface area contributed by atoms with Crippen LogP contribution >= 0.6 is 0 Å². The number of carbonyl (C=O) groups excluding carboxylic acids is 1. The lowest BCUT2D eigenvalue weighted by atomic mass is 9.82. The molecule has 0 radical (unpaired) electrons. The van der Waals surface area contributed by atoms with Crippen molar-refractivity contribution in [2.75, 3.05) is 0 Å². The Morgan fingerprint density at radius 1 is 0.840 bits per heavy atom. The molecule has 0 unspecified atom stereocenters. The van der Waals surface area contributed by atoms with Crippen LogP contribution in [0.3, 0.4) is 0 Å². The van der Waals surface area contributed by atoms with Gasteiger partial charge in [-0.05, 0) is 28.5 Å². The van der Waals surface area contributed by atoms with Crippen LogP contribution in [0.15, 0.2) is 66.7 Å². The molecular weight excluding hydrogens is 312 g/mol. The largest absolute Gasteiger partial charge is 0.426 e. The molecule has 0 saturated carbocycles. The molecule has 0 aliphatic carbocycles. The summed E-state index contributed by atoms with van der Waals surface area (Å²) in [5, 5.41) is 2.40. The minimum Gasteiger partial charge on any atom is -0.426 e. The van der Waals surface area contributed by atoms with Crippen molar-refractivity contribution in [2.45, 2.75) is 19.1 Å². The van der Waals surface area contributed by atoms with Crippen molar-refractivity contribution in [2.24, 2.45) is 11.8 Å². The van der Waals surface area contributed by atoms with Crippen molar-refractivity contribution in [3.05, 3.63) is 77.9 Å². The Hall–Kier alpha value is -2.65. The number of hydrogen-bond acceptors (Lipinski definition) is 3. The third-order valence-corrected chi connectivity index (χ3v) is 5.47. The fourth-order valence-corrected chi connectivity index (χ4v) is 4.19. The van der Waals surface area contributed by atoms with E-state index in [1.165, 1.54) is 10.8 Å². The Morgan fingerprint density at radius 2 is 1.60 bits per heavy atom. The molecule has 2 aliphatic rings. The quantitative estimate of drug-likeness (QED) is 0.474. The molecule has 3 aromatic carbocycles. The number of fused-ring (bicyclic) bond motifs is 4. The molecule has 0 N–H and O–H groups in total. The van der Waals surface area contributed by atoms with Gasteiger partial charge in [0, 0.05) is 11.5 Å². The van der Waals surface area contributed by atoms with E-state index in [0.29, 0.717) is 5.75 Å². The zero-order valence-electron chi connectivity index (χ0n) is 13.9. The monoisotopic (exact) mass is 330 g/mol. The molecule has 124 valence electrons. The van der Waals surface area contributed by atoms with Gasteiger partial charge in [-0.2, -0.15) is 0 Å². The third-order valence-electron chi connectivity index (χ3n) is 5.47. The first-order valence-corrected chi connectivity index (χ1v) is 8.67. The maximum Gasteiger partial charge on any atom is 0.317 e. The smallest absolute Gasteiger partial charge is 0.317 e. The van der Waals surface area contributed by atoms with Gasteiger partial charge in [-0.1, -0.05) is 61.5 Å². The van der Waals surface area contributed by atoms with E-state index in [1.54, 1.807) is 0 Å². The summed E-state index contributed by atoms with van der Waals surface area (Å²) < 4.78 is 12.0. The number of hydrogen-bond donors (Lipinski definition) is 0. The van der Waals surface area contributed by atoms with Crippen LogP contribution in [-0.4, -0.2) is 5.97 Å². The Balaban J connectivity index is 1.57. The summed E-state index contributed by atoms with van der Waals surface area (Å²) in [7, 11) is 0. The molecule has 0 aromatic heterocycles. The lowest BCUT2D eigenvalue weighted by Crippen LogP contribution is -2.32.